The zero-order valence-corrected chi connectivity index (χ0v) is 17.0. The van der Waals surface area contributed by atoms with E-state index in [2.05, 4.69) is 66.1 Å². The van der Waals surface area contributed by atoms with Crippen molar-refractivity contribution in [3.8, 4) is 0 Å². The minimum atomic E-state index is 0. The van der Waals surface area contributed by atoms with Gasteiger partial charge in [-0.1, -0.05) is 30.0 Å². The quantitative estimate of drug-likeness (QED) is 0.725. The molecule has 4 aliphatic heterocycles. The van der Waals surface area contributed by atoms with Crippen LogP contribution in [0.1, 0.15) is 32.3 Å². The van der Waals surface area contributed by atoms with Crippen LogP contribution in [0, 0.1) is 5.92 Å². The Bertz CT molecular complexity index is 835. The zero-order valence-electron chi connectivity index (χ0n) is 16.2. The maximum Gasteiger partial charge on any atom is 0.0814 e. The highest BCUT2D eigenvalue weighted by Gasteiger charge is 2.34. The molecule has 3 saturated heterocycles. The average molecular weight is 394 g/mol. The molecule has 28 heavy (non-hydrogen) atoms. The Kier molecular flexibility index (Phi) is 5.77. The van der Waals surface area contributed by atoms with Crippen LogP contribution in [0.4, 0.5) is 11.4 Å². The van der Waals surface area contributed by atoms with E-state index < -0.39 is 0 Å². The third-order valence-corrected chi connectivity index (χ3v) is 7.32. The van der Waals surface area contributed by atoms with Gasteiger partial charge in [0.15, 0.2) is 0 Å². The fraction of sp³-hybridized carbons (Fsp3) is 0.478. The highest BCUT2D eigenvalue weighted by Crippen LogP contribution is 2.49. The summed E-state index contributed by atoms with van der Waals surface area (Å²) in [6.07, 6.45) is 3.04. The van der Waals surface area contributed by atoms with Crippen molar-refractivity contribution in [1.82, 2.24) is 4.90 Å². The number of hydrogen-bond acceptors (Lipinski definition) is 4. The molecule has 1 atom stereocenters. The fourth-order valence-electron chi connectivity index (χ4n) is 4.78. The summed E-state index contributed by atoms with van der Waals surface area (Å²) in [5, 5.41) is 0. The smallest absolute Gasteiger partial charge is 0.0814 e. The van der Waals surface area contributed by atoms with E-state index in [-0.39, 0.29) is 8.41 Å². The van der Waals surface area contributed by atoms with Crippen molar-refractivity contribution in [2.75, 3.05) is 24.5 Å². The van der Waals surface area contributed by atoms with Crippen molar-refractivity contribution in [1.29, 1.82) is 0 Å². The predicted octanol–water partition coefficient (Wildman–Crippen LogP) is 4.12. The maximum absolute atomic E-state index is 6.37. The normalized spacial score (nSPS) is 25.2. The fourth-order valence-corrected chi connectivity index (χ4v) is 5.91. The number of rotatable bonds is 4. The molecule has 0 aromatic heterocycles. The van der Waals surface area contributed by atoms with Gasteiger partial charge in [0.05, 0.1) is 32.5 Å². The Morgan fingerprint density at radius 1 is 1.04 bits per heavy atom. The Labute approximate surface area is 175 Å². The van der Waals surface area contributed by atoms with E-state index in [1.165, 1.54) is 52.7 Å². The van der Waals surface area contributed by atoms with Gasteiger partial charge in [-0.25, -0.2) is 0 Å². The third kappa shape index (κ3) is 3.60. The van der Waals surface area contributed by atoms with Gasteiger partial charge in [0.1, 0.15) is 0 Å². The van der Waals surface area contributed by atoms with Crippen molar-refractivity contribution in [3.63, 3.8) is 0 Å². The summed E-state index contributed by atoms with van der Waals surface area (Å²) in [7, 11) is 0. The molecule has 0 spiro atoms. The minimum Gasteiger partial charge on any atom is -0.372 e. The number of nitrogens with zero attached hydrogens (tertiary/aromatic N) is 2. The molecule has 0 radical (unpaired) electrons. The summed E-state index contributed by atoms with van der Waals surface area (Å²) in [6, 6.07) is 16.0. The molecule has 1 unspecified atom stereocenters. The molecule has 0 N–H and O–H groups in total. The first-order valence-electron chi connectivity index (χ1n) is 10.2. The van der Waals surface area contributed by atoms with E-state index in [0.717, 1.165) is 19.1 Å². The van der Waals surface area contributed by atoms with Gasteiger partial charge in [-0.2, -0.15) is 0 Å². The monoisotopic (exact) mass is 394 g/mol. The van der Waals surface area contributed by atoms with Gasteiger partial charge in [0, 0.05) is 22.4 Å². The predicted molar refractivity (Wildman–Crippen MR) is 122 cm³/mol. The van der Waals surface area contributed by atoms with Gasteiger partial charge in [0.25, 0.3) is 0 Å². The number of piperidine rings is 3. The van der Waals surface area contributed by atoms with Crippen molar-refractivity contribution >= 4 is 31.5 Å². The first kappa shape index (κ1) is 19.9. The van der Waals surface area contributed by atoms with E-state index in [1.54, 1.807) is 0 Å². The summed E-state index contributed by atoms with van der Waals surface area (Å²) in [5.74, 6) is 0.769. The van der Waals surface area contributed by atoms with Crippen LogP contribution in [0.25, 0.3) is 0 Å². The average Bonchev–Trinajstić information content (AvgIpc) is 2.71. The van der Waals surface area contributed by atoms with Gasteiger partial charge < -0.3 is 14.5 Å². The molecule has 0 amide bonds. The van der Waals surface area contributed by atoms with Crippen LogP contribution in [-0.4, -0.2) is 45.1 Å². The molecule has 5 heteroatoms. The summed E-state index contributed by atoms with van der Waals surface area (Å²) in [6.45, 7) is 8.92. The van der Waals surface area contributed by atoms with E-state index in [4.69, 9.17) is 4.74 Å². The van der Waals surface area contributed by atoms with Crippen LogP contribution in [0.15, 0.2) is 52.3 Å². The lowest BCUT2D eigenvalue weighted by Gasteiger charge is -2.44. The summed E-state index contributed by atoms with van der Waals surface area (Å²) >= 11 is 1.89. The minimum absolute atomic E-state index is 0. The lowest BCUT2D eigenvalue weighted by atomic mass is 9.86. The van der Waals surface area contributed by atoms with Crippen molar-refractivity contribution in [2.45, 2.75) is 55.2 Å². The Balaban J connectivity index is 0.00000192. The van der Waals surface area contributed by atoms with Crippen molar-refractivity contribution < 1.29 is 4.74 Å². The molecule has 148 valence electrons. The first-order valence-corrected chi connectivity index (χ1v) is 11.0. The molecule has 4 heterocycles. The molecule has 0 aliphatic carbocycles. The Morgan fingerprint density at radius 3 is 2.50 bits per heavy atom. The molecule has 4 aliphatic rings. The molecule has 3 fully saturated rings. The zero-order chi connectivity index (χ0) is 18.4. The molecule has 2 aromatic rings. The second-order valence-electron chi connectivity index (χ2n) is 8.32. The SMILES string of the molecule is B.CC(C)N1c2ccccc2Sc2cc(COC3CN4CCC3CC4)ccc21. The maximum atomic E-state index is 6.37. The Morgan fingerprint density at radius 2 is 1.79 bits per heavy atom. The van der Waals surface area contributed by atoms with E-state index in [1.807, 2.05) is 11.8 Å². The number of ether oxygens (including phenoxy) is 1. The van der Waals surface area contributed by atoms with Gasteiger partial charge >= 0.3 is 0 Å². The van der Waals surface area contributed by atoms with Gasteiger partial charge in [-0.05, 0) is 75.5 Å². The van der Waals surface area contributed by atoms with Crippen LogP contribution in [0.3, 0.4) is 0 Å². The topological polar surface area (TPSA) is 15.7 Å². The highest BCUT2D eigenvalue weighted by molar-refractivity contribution is 7.99. The number of hydrogen-bond donors (Lipinski definition) is 0. The highest BCUT2D eigenvalue weighted by atomic mass is 32.2. The lowest BCUT2D eigenvalue weighted by Crippen LogP contribution is -2.51. The molecule has 6 rings (SSSR count). The summed E-state index contributed by atoms with van der Waals surface area (Å²) in [4.78, 5) is 7.70. The molecule has 2 aromatic carbocycles. The van der Waals surface area contributed by atoms with Crippen LogP contribution in [0.2, 0.25) is 0 Å². The van der Waals surface area contributed by atoms with Gasteiger partial charge in [0.2, 0.25) is 0 Å². The van der Waals surface area contributed by atoms with Crippen LogP contribution in [-0.2, 0) is 11.3 Å². The van der Waals surface area contributed by atoms with Crippen LogP contribution < -0.4 is 4.90 Å². The molecule has 0 saturated carbocycles. The van der Waals surface area contributed by atoms with E-state index >= 15 is 0 Å². The van der Waals surface area contributed by atoms with Gasteiger partial charge in [-0.15, -0.1) is 0 Å². The van der Waals surface area contributed by atoms with Crippen molar-refractivity contribution in [3.05, 3.63) is 48.0 Å². The first-order chi connectivity index (χ1) is 13.2. The van der Waals surface area contributed by atoms with E-state index in [0.29, 0.717) is 12.1 Å². The number of benzene rings is 2. The van der Waals surface area contributed by atoms with Crippen LogP contribution in [0.5, 0.6) is 0 Å². The summed E-state index contributed by atoms with van der Waals surface area (Å²) < 4.78 is 6.37. The largest absolute Gasteiger partial charge is 0.372 e. The standard InChI is InChI=1S/C23H28N2OS.BH3/c1-16(2)25-19-5-3-4-6-22(19)27-23-13-17(7-8-20(23)25)15-26-21-14-24-11-9-18(21)10-12-24;/h3-8,13,16,18,21H,9-12,14-15H2,1-2H3;1H3. The number of anilines is 2. The molecule has 2 bridgehead atoms. The lowest BCUT2D eigenvalue weighted by molar-refractivity contribution is -0.0766. The van der Waals surface area contributed by atoms with E-state index in [9.17, 15) is 0 Å². The summed E-state index contributed by atoms with van der Waals surface area (Å²) in [5.41, 5.74) is 3.93. The Hall–Kier alpha value is -1.43. The number of fused-ring (bicyclic) bond motifs is 5. The van der Waals surface area contributed by atoms with Crippen molar-refractivity contribution in [2.24, 2.45) is 5.92 Å². The molecular weight excluding hydrogens is 363 g/mol. The molecule has 3 nitrogen and oxygen atoms in total. The third-order valence-electron chi connectivity index (χ3n) is 6.21. The second kappa shape index (κ2) is 8.13. The van der Waals surface area contributed by atoms with Crippen LogP contribution >= 0.6 is 11.8 Å². The van der Waals surface area contributed by atoms with Gasteiger partial charge in [-0.3, -0.25) is 0 Å². The second-order valence-corrected chi connectivity index (χ2v) is 9.41. The number of para-hydroxylation sites is 1. The molecular formula is C23H31BN2OS.